The summed E-state index contributed by atoms with van der Waals surface area (Å²) in [6.45, 7) is 10.9. The highest BCUT2D eigenvalue weighted by Gasteiger charge is 2.20. The lowest BCUT2D eigenvalue weighted by atomic mass is 9.95. The van der Waals surface area contributed by atoms with Crippen molar-refractivity contribution in [3.05, 3.63) is 12.7 Å². The Hall–Kier alpha value is -0.340. The van der Waals surface area contributed by atoms with Crippen LogP contribution in [0.4, 0.5) is 0 Å². The molecule has 2 atom stereocenters. The molecule has 0 fully saturated rings. The van der Waals surface area contributed by atoms with Crippen molar-refractivity contribution < 1.29 is 4.74 Å². The van der Waals surface area contributed by atoms with E-state index in [2.05, 4.69) is 20.4 Å². The van der Waals surface area contributed by atoms with Gasteiger partial charge in [-0.25, -0.2) is 0 Å². The number of unbranched alkanes of at least 4 members (excludes halogenated alkanes) is 3. The molecule has 0 amide bonds. The molecule has 16 heavy (non-hydrogen) atoms. The average molecular weight is 227 g/mol. The summed E-state index contributed by atoms with van der Waals surface area (Å²) in [4.78, 5) is 0. The molecule has 2 unspecified atom stereocenters. The molecular formula is C14H29NO. The third-order valence-electron chi connectivity index (χ3n) is 2.88. The van der Waals surface area contributed by atoms with E-state index >= 15 is 0 Å². The first-order chi connectivity index (χ1) is 7.63. The van der Waals surface area contributed by atoms with Gasteiger partial charge in [0.25, 0.3) is 0 Å². The van der Waals surface area contributed by atoms with Gasteiger partial charge in [-0.3, -0.25) is 0 Å². The molecule has 0 bridgehead atoms. The van der Waals surface area contributed by atoms with Crippen molar-refractivity contribution in [3.63, 3.8) is 0 Å². The Bertz CT molecular complexity index is 168. The van der Waals surface area contributed by atoms with E-state index in [1.165, 1.54) is 19.3 Å². The summed E-state index contributed by atoms with van der Waals surface area (Å²) in [7, 11) is 0. The fourth-order valence-corrected chi connectivity index (χ4v) is 2.01. The zero-order chi connectivity index (χ0) is 12.4. The van der Waals surface area contributed by atoms with Crippen LogP contribution in [0.25, 0.3) is 0 Å². The standard InChI is InChI=1S/C14H29NO/c1-5-7-8-9-10-11-13(15)14(12(3)4)16-6-2/h5,12-14H,1,6-11,15H2,2-4H3. The molecule has 0 saturated carbocycles. The normalized spacial score (nSPS) is 15.1. The van der Waals surface area contributed by atoms with Gasteiger partial charge in [-0.2, -0.15) is 0 Å². The highest BCUT2D eigenvalue weighted by atomic mass is 16.5. The largest absolute Gasteiger partial charge is 0.377 e. The van der Waals surface area contributed by atoms with E-state index in [4.69, 9.17) is 10.5 Å². The maximum atomic E-state index is 6.17. The first-order valence-corrected chi connectivity index (χ1v) is 6.61. The van der Waals surface area contributed by atoms with Crippen molar-refractivity contribution in [2.75, 3.05) is 6.61 Å². The number of hydrogen-bond donors (Lipinski definition) is 1. The molecule has 0 aliphatic heterocycles. The molecular weight excluding hydrogens is 198 g/mol. The van der Waals surface area contributed by atoms with Gasteiger partial charge in [0.15, 0.2) is 0 Å². The van der Waals surface area contributed by atoms with Crippen LogP contribution in [0, 0.1) is 5.92 Å². The summed E-state index contributed by atoms with van der Waals surface area (Å²) in [6.07, 6.45) is 8.06. The molecule has 2 nitrogen and oxygen atoms in total. The van der Waals surface area contributed by atoms with E-state index in [9.17, 15) is 0 Å². The number of nitrogens with two attached hydrogens (primary N) is 1. The maximum Gasteiger partial charge on any atom is 0.0748 e. The van der Waals surface area contributed by atoms with E-state index in [1.807, 2.05) is 13.0 Å². The Labute approximate surface area is 101 Å². The molecule has 0 aliphatic rings. The number of ether oxygens (including phenoxy) is 1. The summed E-state index contributed by atoms with van der Waals surface area (Å²) in [5, 5.41) is 0. The van der Waals surface area contributed by atoms with Crippen molar-refractivity contribution in [3.8, 4) is 0 Å². The van der Waals surface area contributed by atoms with E-state index in [-0.39, 0.29) is 12.1 Å². The van der Waals surface area contributed by atoms with E-state index < -0.39 is 0 Å². The molecule has 0 heterocycles. The van der Waals surface area contributed by atoms with Crippen molar-refractivity contribution in [1.29, 1.82) is 0 Å². The van der Waals surface area contributed by atoms with Gasteiger partial charge in [0.05, 0.1) is 6.10 Å². The Kier molecular flexibility index (Phi) is 9.65. The Morgan fingerprint density at radius 3 is 2.44 bits per heavy atom. The topological polar surface area (TPSA) is 35.2 Å². The fourth-order valence-electron chi connectivity index (χ4n) is 2.01. The van der Waals surface area contributed by atoms with Crippen LogP contribution in [0.5, 0.6) is 0 Å². The van der Waals surface area contributed by atoms with Gasteiger partial charge in [0.2, 0.25) is 0 Å². The minimum absolute atomic E-state index is 0.184. The highest BCUT2D eigenvalue weighted by Crippen LogP contribution is 2.15. The van der Waals surface area contributed by atoms with Gasteiger partial charge in [-0.05, 0) is 32.1 Å². The lowest BCUT2D eigenvalue weighted by Gasteiger charge is -2.27. The average Bonchev–Trinajstić information content (AvgIpc) is 2.24. The van der Waals surface area contributed by atoms with Crippen LogP contribution in [-0.2, 0) is 4.74 Å². The number of hydrogen-bond acceptors (Lipinski definition) is 2. The van der Waals surface area contributed by atoms with Crippen LogP contribution in [0.15, 0.2) is 12.7 Å². The molecule has 0 aliphatic carbocycles. The number of rotatable bonds is 10. The monoisotopic (exact) mass is 227 g/mol. The molecule has 2 N–H and O–H groups in total. The van der Waals surface area contributed by atoms with Gasteiger partial charge in [-0.1, -0.05) is 32.8 Å². The lowest BCUT2D eigenvalue weighted by molar-refractivity contribution is 0.0104. The molecule has 0 radical (unpaired) electrons. The molecule has 0 rings (SSSR count). The van der Waals surface area contributed by atoms with Crippen LogP contribution in [-0.4, -0.2) is 18.8 Å². The van der Waals surface area contributed by atoms with Crippen LogP contribution < -0.4 is 5.73 Å². The summed E-state index contributed by atoms with van der Waals surface area (Å²) in [5.41, 5.74) is 6.17. The number of allylic oxidation sites excluding steroid dienone is 1. The second-order valence-electron chi connectivity index (χ2n) is 4.75. The fraction of sp³-hybridized carbons (Fsp3) is 0.857. The second kappa shape index (κ2) is 9.86. The van der Waals surface area contributed by atoms with Crippen LogP contribution in [0.2, 0.25) is 0 Å². The van der Waals surface area contributed by atoms with Crippen LogP contribution in [0.3, 0.4) is 0 Å². The predicted octanol–water partition coefficient (Wildman–Crippen LogP) is 3.51. The minimum atomic E-state index is 0.184. The van der Waals surface area contributed by atoms with E-state index in [1.54, 1.807) is 0 Å². The summed E-state index contributed by atoms with van der Waals surface area (Å²) in [6, 6.07) is 0.184. The summed E-state index contributed by atoms with van der Waals surface area (Å²) in [5.74, 6) is 0.503. The van der Waals surface area contributed by atoms with Crippen LogP contribution in [0.1, 0.15) is 52.9 Å². The molecule has 0 spiro atoms. The van der Waals surface area contributed by atoms with Gasteiger partial charge >= 0.3 is 0 Å². The Balaban J connectivity index is 3.73. The van der Waals surface area contributed by atoms with Crippen molar-refractivity contribution in [2.45, 2.75) is 65.0 Å². The van der Waals surface area contributed by atoms with Crippen LogP contribution >= 0.6 is 0 Å². The predicted molar refractivity (Wildman–Crippen MR) is 71.5 cm³/mol. The van der Waals surface area contributed by atoms with Crippen molar-refractivity contribution >= 4 is 0 Å². The summed E-state index contributed by atoms with van der Waals surface area (Å²) >= 11 is 0. The lowest BCUT2D eigenvalue weighted by Crippen LogP contribution is -2.40. The van der Waals surface area contributed by atoms with Crippen molar-refractivity contribution in [2.24, 2.45) is 11.7 Å². The Morgan fingerprint density at radius 1 is 1.25 bits per heavy atom. The summed E-state index contributed by atoms with van der Waals surface area (Å²) < 4.78 is 5.70. The Morgan fingerprint density at radius 2 is 1.94 bits per heavy atom. The zero-order valence-electron chi connectivity index (χ0n) is 11.2. The van der Waals surface area contributed by atoms with E-state index in [0.29, 0.717) is 5.92 Å². The maximum absolute atomic E-state index is 6.17. The third kappa shape index (κ3) is 7.02. The minimum Gasteiger partial charge on any atom is -0.377 e. The molecule has 0 aromatic carbocycles. The van der Waals surface area contributed by atoms with Gasteiger partial charge in [-0.15, -0.1) is 6.58 Å². The highest BCUT2D eigenvalue weighted by molar-refractivity contribution is 4.76. The van der Waals surface area contributed by atoms with Gasteiger partial charge in [0, 0.05) is 12.6 Å². The molecule has 0 aromatic rings. The quantitative estimate of drug-likeness (QED) is 0.458. The molecule has 0 saturated heterocycles. The first-order valence-electron chi connectivity index (χ1n) is 6.61. The third-order valence-corrected chi connectivity index (χ3v) is 2.88. The first kappa shape index (κ1) is 15.7. The SMILES string of the molecule is C=CCCCCCC(N)C(OCC)C(C)C. The zero-order valence-corrected chi connectivity index (χ0v) is 11.2. The van der Waals surface area contributed by atoms with Gasteiger partial charge < -0.3 is 10.5 Å². The molecule has 96 valence electrons. The van der Waals surface area contributed by atoms with Crippen molar-refractivity contribution in [1.82, 2.24) is 0 Å². The van der Waals surface area contributed by atoms with E-state index in [0.717, 1.165) is 19.4 Å². The second-order valence-corrected chi connectivity index (χ2v) is 4.75. The van der Waals surface area contributed by atoms with Gasteiger partial charge in [0.1, 0.15) is 0 Å². The molecule has 0 aromatic heterocycles. The molecule has 2 heteroatoms. The smallest absolute Gasteiger partial charge is 0.0748 e.